The first-order chi connectivity index (χ1) is 9.70. The van der Waals surface area contributed by atoms with E-state index in [1.165, 1.54) is 0 Å². The van der Waals surface area contributed by atoms with Crippen molar-refractivity contribution >= 4 is 11.9 Å². The van der Waals surface area contributed by atoms with E-state index < -0.39 is 0 Å². The van der Waals surface area contributed by atoms with Crippen molar-refractivity contribution in [2.75, 3.05) is 31.2 Å². The number of aromatic nitrogens is 5. The fraction of sp³-hybridized carbons (Fsp3) is 0.500. The van der Waals surface area contributed by atoms with E-state index in [9.17, 15) is 0 Å². The molecule has 1 aliphatic heterocycles. The van der Waals surface area contributed by atoms with Crippen LogP contribution in [0.4, 0.5) is 11.9 Å². The molecule has 0 aliphatic carbocycles. The molecule has 0 amide bonds. The third-order valence-corrected chi connectivity index (χ3v) is 3.40. The summed E-state index contributed by atoms with van der Waals surface area (Å²) in [6.07, 6.45) is 5.58. The van der Waals surface area contributed by atoms with Crippen LogP contribution in [0.25, 0.3) is 5.95 Å². The Morgan fingerprint density at radius 2 is 2.05 bits per heavy atom. The van der Waals surface area contributed by atoms with Crippen LogP contribution in [0.1, 0.15) is 12.8 Å². The van der Waals surface area contributed by atoms with Gasteiger partial charge in [-0.15, -0.1) is 0 Å². The summed E-state index contributed by atoms with van der Waals surface area (Å²) in [4.78, 5) is 14.9. The molecule has 0 atom stereocenters. The lowest BCUT2D eigenvalue weighted by Crippen LogP contribution is -2.37. The molecular weight excluding hydrogens is 256 g/mol. The van der Waals surface area contributed by atoms with Gasteiger partial charge >= 0.3 is 0 Å². The van der Waals surface area contributed by atoms with Crippen LogP contribution in [0, 0.1) is 0 Å². The molecule has 2 aromatic rings. The van der Waals surface area contributed by atoms with Crippen molar-refractivity contribution in [1.82, 2.24) is 29.6 Å². The minimum Gasteiger partial charge on any atom is -0.368 e. The molecule has 1 aliphatic rings. The molecule has 0 spiro atoms. The second-order valence-corrected chi connectivity index (χ2v) is 4.99. The Kier molecular flexibility index (Phi) is 3.46. The zero-order valence-corrected chi connectivity index (χ0v) is 11.4. The summed E-state index contributed by atoms with van der Waals surface area (Å²) in [5.41, 5.74) is 5.74. The van der Waals surface area contributed by atoms with E-state index in [2.05, 4.69) is 37.3 Å². The molecule has 0 aromatic carbocycles. The summed E-state index contributed by atoms with van der Waals surface area (Å²) in [6.45, 7) is 2.15. The third kappa shape index (κ3) is 2.85. The lowest BCUT2D eigenvalue weighted by atomic mass is 10.1. The van der Waals surface area contributed by atoms with Gasteiger partial charge in [-0.25, -0.2) is 4.68 Å². The Morgan fingerprint density at radius 1 is 1.25 bits per heavy atom. The standard InChI is InChI=1S/C12H18N8/c1-19-7-3-9(4-8-19)15-11-16-10(13)17-12(18-11)20-6-2-5-14-20/h2,5-6,9H,3-4,7-8H2,1H3,(H3,13,15,16,17,18). The molecule has 8 nitrogen and oxygen atoms in total. The van der Waals surface area contributed by atoms with Gasteiger partial charge in [0.1, 0.15) is 0 Å². The number of nitrogens with zero attached hydrogens (tertiary/aromatic N) is 6. The van der Waals surface area contributed by atoms with Gasteiger partial charge < -0.3 is 16.0 Å². The number of likely N-dealkylation sites (tertiary alicyclic amines) is 1. The summed E-state index contributed by atoms with van der Waals surface area (Å²) in [7, 11) is 2.13. The Balaban J connectivity index is 1.76. The minimum atomic E-state index is 0.195. The number of piperidine rings is 1. The molecule has 3 heterocycles. The summed E-state index contributed by atoms with van der Waals surface area (Å²) in [6, 6.07) is 2.18. The van der Waals surface area contributed by atoms with Crippen LogP contribution in [0.15, 0.2) is 18.5 Å². The highest BCUT2D eigenvalue weighted by Gasteiger charge is 2.18. The van der Waals surface area contributed by atoms with Crippen LogP contribution in [0.3, 0.4) is 0 Å². The van der Waals surface area contributed by atoms with E-state index in [1.807, 2.05) is 6.07 Å². The van der Waals surface area contributed by atoms with Gasteiger partial charge in [0.2, 0.25) is 11.9 Å². The number of nitrogens with one attached hydrogen (secondary N) is 1. The lowest BCUT2D eigenvalue weighted by molar-refractivity contribution is 0.263. The largest absolute Gasteiger partial charge is 0.368 e. The van der Waals surface area contributed by atoms with Gasteiger partial charge in [0, 0.05) is 18.4 Å². The fourth-order valence-corrected chi connectivity index (χ4v) is 2.27. The first-order valence-electron chi connectivity index (χ1n) is 6.67. The lowest BCUT2D eigenvalue weighted by Gasteiger charge is -2.29. The fourth-order valence-electron chi connectivity index (χ4n) is 2.27. The van der Waals surface area contributed by atoms with Crippen LogP contribution >= 0.6 is 0 Å². The predicted molar refractivity (Wildman–Crippen MR) is 75.5 cm³/mol. The van der Waals surface area contributed by atoms with Crippen LogP contribution < -0.4 is 11.1 Å². The summed E-state index contributed by atoms with van der Waals surface area (Å²) in [5, 5.41) is 7.43. The van der Waals surface area contributed by atoms with Crippen LogP contribution in [-0.2, 0) is 0 Å². The highest BCUT2D eigenvalue weighted by Crippen LogP contribution is 2.14. The summed E-state index contributed by atoms with van der Waals surface area (Å²) >= 11 is 0. The molecule has 3 N–H and O–H groups in total. The van der Waals surface area contributed by atoms with E-state index in [1.54, 1.807) is 17.1 Å². The van der Waals surface area contributed by atoms with E-state index in [4.69, 9.17) is 5.73 Å². The number of anilines is 2. The number of hydrogen-bond acceptors (Lipinski definition) is 7. The van der Waals surface area contributed by atoms with Crippen molar-refractivity contribution in [3.05, 3.63) is 18.5 Å². The normalized spacial score (nSPS) is 17.2. The molecule has 1 saturated heterocycles. The molecule has 1 fully saturated rings. The Labute approximate surface area is 117 Å². The second-order valence-electron chi connectivity index (χ2n) is 4.99. The van der Waals surface area contributed by atoms with E-state index >= 15 is 0 Å². The first-order valence-corrected chi connectivity index (χ1v) is 6.67. The van der Waals surface area contributed by atoms with Gasteiger partial charge in [-0.2, -0.15) is 20.1 Å². The van der Waals surface area contributed by atoms with Crippen LogP contribution in [0.2, 0.25) is 0 Å². The van der Waals surface area contributed by atoms with E-state index in [-0.39, 0.29) is 5.95 Å². The molecule has 8 heteroatoms. The average molecular weight is 274 g/mol. The first kappa shape index (κ1) is 12.8. The summed E-state index contributed by atoms with van der Waals surface area (Å²) in [5.74, 6) is 1.14. The highest BCUT2D eigenvalue weighted by molar-refractivity contribution is 5.35. The number of nitrogen functional groups attached to an aromatic ring is 1. The van der Waals surface area contributed by atoms with Crippen LogP contribution in [0.5, 0.6) is 0 Å². The number of hydrogen-bond donors (Lipinski definition) is 2. The Bertz CT molecular complexity index is 559. The number of nitrogens with two attached hydrogens (primary N) is 1. The van der Waals surface area contributed by atoms with Crippen molar-refractivity contribution in [1.29, 1.82) is 0 Å². The Morgan fingerprint density at radius 3 is 2.75 bits per heavy atom. The predicted octanol–water partition coefficient (Wildman–Crippen LogP) is 0.146. The van der Waals surface area contributed by atoms with Gasteiger partial charge in [0.15, 0.2) is 0 Å². The van der Waals surface area contributed by atoms with Crippen LogP contribution in [-0.4, -0.2) is 55.8 Å². The molecule has 20 heavy (non-hydrogen) atoms. The van der Waals surface area contributed by atoms with Gasteiger partial charge in [-0.1, -0.05) is 0 Å². The smallest absolute Gasteiger partial charge is 0.257 e. The maximum atomic E-state index is 5.74. The zero-order valence-electron chi connectivity index (χ0n) is 11.4. The maximum absolute atomic E-state index is 5.74. The SMILES string of the molecule is CN1CCC(Nc2nc(N)nc(-n3cccn3)n2)CC1. The molecule has 0 radical (unpaired) electrons. The van der Waals surface area contributed by atoms with Crippen molar-refractivity contribution in [3.8, 4) is 5.95 Å². The molecule has 0 bridgehead atoms. The van der Waals surface area contributed by atoms with Crippen molar-refractivity contribution in [2.45, 2.75) is 18.9 Å². The minimum absolute atomic E-state index is 0.195. The molecule has 2 aromatic heterocycles. The van der Waals surface area contributed by atoms with Crippen molar-refractivity contribution in [3.63, 3.8) is 0 Å². The molecule has 106 valence electrons. The molecule has 0 unspecified atom stereocenters. The monoisotopic (exact) mass is 274 g/mol. The van der Waals surface area contributed by atoms with Gasteiger partial charge in [0.25, 0.3) is 5.95 Å². The van der Waals surface area contributed by atoms with Crippen molar-refractivity contribution in [2.24, 2.45) is 0 Å². The summed E-state index contributed by atoms with van der Waals surface area (Å²) < 4.78 is 1.57. The second kappa shape index (κ2) is 5.41. The van der Waals surface area contributed by atoms with Gasteiger partial charge in [-0.3, -0.25) is 0 Å². The number of rotatable bonds is 3. The van der Waals surface area contributed by atoms with Gasteiger partial charge in [0.05, 0.1) is 0 Å². The molecule has 3 rings (SSSR count). The molecule has 0 saturated carbocycles. The van der Waals surface area contributed by atoms with Crippen molar-refractivity contribution < 1.29 is 0 Å². The topological polar surface area (TPSA) is 97.8 Å². The van der Waals surface area contributed by atoms with E-state index in [0.29, 0.717) is 17.9 Å². The van der Waals surface area contributed by atoms with Gasteiger partial charge in [-0.05, 0) is 39.0 Å². The highest BCUT2D eigenvalue weighted by atomic mass is 15.4. The quantitative estimate of drug-likeness (QED) is 0.821. The molecular formula is C12H18N8. The Hall–Kier alpha value is -2.22. The average Bonchev–Trinajstić information content (AvgIpc) is 2.95. The zero-order chi connectivity index (χ0) is 13.9. The third-order valence-electron chi connectivity index (χ3n) is 3.40. The van der Waals surface area contributed by atoms with E-state index in [0.717, 1.165) is 25.9 Å². The maximum Gasteiger partial charge on any atom is 0.257 e.